The van der Waals surface area contributed by atoms with Crippen molar-refractivity contribution in [3.8, 4) is 11.5 Å². The Balaban J connectivity index is 2.85. The molecule has 0 saturated carbocycles. The number of rotatable bonds is 0. The quantitative estimate of drug-likeness (QED) is 0.225. The molecule has 0 saturated heterocycles. The number of carbonyl (C=O) groups excluding carboxylic acids is 1. The van der Waals surface area contributed by atoms with E-state index in [-0.39, 0.29) is 5.56 Å². The second-order valence-corrected chi connectivity index (χ2v) is 3.80. The molecule has 17 heavy (non-hydrogen) atoms. The number of esters is 1. The van der Waals surface area contributed by atoms with E-state index < -0.39 is 40.7 Å². The van der Waals surface area contributed by atoms with E-state index in [0.717, 1.165) is 6.07 Å². The number of aliphatic hydroxyl groups is 3. The van der Waals surface area contributed by atoms with Crippen molar-refractivity contribution in [3.63, 3.8) is 0 Å². The van der Waals surface area contributed by atoms with Crippen LogP contribution in [0.1, 0.15) is 21.5 Å². The van der Waals surface area contributed by atoms with Gasteiger partial charge in [-0.15, -0.1) is 0 Å². The second kappa shape index (κ2) is 3.33. The van der Waals surface area contributed by atoms with Gasteiger partial charge in [0.15, 0.2) is 0 Å². The number of fused-ring (bicyclic) bond motifs is 1. The smallest absolute Gasteiger partial charge is 0.345 e. The van der Waals surface area contributed by atoms with Gasteiger partial charge in [-0.05, 0) is 18.6 Å². The first kappa shape index (κ1) is 11.6. The summed E-state index contributed by atoms with van der Waals surface area (Å²) in [5.74, 6) is -5.30. The average Bonchev–Trinajstić information content (AvgIpc) is 2.20. The fourth-order valence-electron chi connectivity index (χ4n) is 1.72. The Morgan fingerprint density at radius 3 is 2.53 bits per heavy atom. The molecule has 0 aliphatic carbocycles. The van der Waals surface area contributed by atoms with Crippen LogP contribution in [0.3, 0.4) is 0 Å². The van der Waals surface area contributed by atoms with Crippen molar-refractivity contribution in [3.05, 3.63) is 22.8 Å². The zero-order valence-corrected chi connectivity index (χ0v) is 8.71. The Labute approximate surface area is 95.1 Å². The summed E-state index contributed by atoms with van der Waals surface area (Å²) in [5, 5.41) is 47.6. The molecular formula is C10H10O7. The molecule has 0 spiro atoms. The number of phenols is 2. The first-order valence-corrected chi connectivity index (χ1v) is 4.66. The standard InChI is InChI=1S/C10H10O7/c1-3-2-4(11)5-6(7(3)12)10(15,16)9(14)17-8(5)13/h2,9,11-12,14-16H,1H3. The van der Waals surface area contributed by atoms with Crippen LogP contribution < -0.4 is 0 Å². The summed E-state index contributed by atoms with van der Waals surface area (Å²) >= 11 is 0. The lowest BCUT2D eigenvalue weighted by Gasteiger charge is -2.33. The van der Waals surface area contributed by atoms with E-state index in [1.54, 1.807) is 0 Å². The largest absolute Gasteiger partial charge is 0.507 e. The van der Waals surface area contributed by atoms with Gasteiger partial charge >= 0.3 is 5.97 Å². The Morgan fingerprint density at radius 1 is 1.35 bits per heavy atom. The van der Waals surface area contributed by atoms with Crippen molar-refractivity contribution in [1.82, 2.24) is 0 Å². The van der Waals surface area contributed by atoms with Gasteiger partial charge in [0.1, 0.15) is 17.1 Å². The Bertz CT molecular complexity index is 506. The maximum absolute atomic E-state index is 11.4. The Hall–Kier alpha value is -1.83. The van der Waals surface area contributed by atoms with Crippen LogP contribution in [0.15, 0.2) is 6.07 Å². The number of carbonyl (C=O) groups is 1. The molecule has 7 nitrogen and oxygen atoms in total. The molecule has 0 aromatic heterocycles. The molecule has 1 aromatic rings. The molecule has 0 radical (unpaired) electrons. The normalized spacial score (nSPS) is 21.9. The van der Waals surface area contributed by atoms with Crippen LogP contribution >= 0.6 is 0 Å². The minimum atomic E-state index is -2.98. The highest BCUT2D eigenvalue weighted by Crippen LogP contribution is 2.43. The molecule has 2 rings (SSSR count). The van der Waals surface area contributed by atoms with Gasteiger partial charge in [-0.3, -0.25) is 0 Å². The highest BCUT2D eigenvalue weighted by Gasteiger charge is 2.49. The van der Waals surface area contributed by atoms with Gasteiger partial charge in [0, 0.05) is 0 Å². The van der Waals surface area contributed by atoms with Crippen molar-refractivity contribution < 1.29 is 35.1 Å². The van der Waals surface area contributed by atoms with Gasteiger partial charge in [0.2, 0.25) is 0 Å². The lowest BCUT2D eigenvalue weighted by atomic mass is 9.92. The van der Waals surface area contributed by atoms with Crippen LogP contribution in [0.4, 0.5) is 0 Å². The second-order valence-electron chi connectivity index (χ2n) is 3.80. The van der Waals surface area contributed by atoms with Gasteiger partial charge in [-0.2, -0.15) is 0 Å². The first-order valence-electron chi connectivity index (χ1n) is 4.66. The van der Waals surface area contributed by atoms with Crippen molar-refractivity contribution in [2.24, 2.45) is 0 Å². The number of benzene rings is 1. The lowest BCUT2D eigenvalue weighted by molar-refractivity contribution is -0.302. The monoisotopic (exact) mass is 242 g/mol. The molecular weight excluding hydrogens is 232 g/mol. The molecule has 7 heteroatoms. The molecule has 1 aromatic carbocycles. The van der Waals surface area contributed by atoms with Crippen molar-refractivity contribution in [2.75, 3.05) is 0 Å². The summed E-state index contributed by atoms with van der Waals surface area (Å²) in [6, 6.07) is 1.07. The lowest BCUT2D eigenvalue weighted by Crippen LogP contribution is -2.47. The predicted molar refractivity (Wildman–Crippen MR) is 52.0 cm³/mol. The van der Waals surface area contributed by atoms with E-state index in [9.17, 15) is 30.3 Å². The number of phenolic OH excluding ortho intramolecular Hbond substituents is 2. The number of hydrogen-bond acceptors (Lipinski definition) is 7. The maximum atomic E-state index is 11.4. The van der Waals surface area contributed by atoms with Gasteiger partial charge in [-0.1, -0.05) is 0 Å². The van der Waals surface area contributed by atoms with E-state index in [1.165, 1.54) is 6.92 Å². The zero-order valence-electron chi connectivity index (χ0n) is 8.71. The van der Waals surface area contributed by atoms with Crippen LogP contribution in [-0.2, 0) is 10.5 Å². The van der Waals surface area contributed by atoms with Gasteiger partial charge < -0.3 is 30.3 Å². The predicted octanol–water partition coefficient (Wildman–Crippen LogP) is -0.968. The third kappa shape index (κ3) is 1.44. The first-order chi connectivity index (χ1) is 7.76. The third-order valence-corrected chi connectivity index (χ3v) is 2.60. The molecule has 1 aliphatic rings. The summed E-state index contributed by atoms with van der Waals surface area (Å²) < 4.78 is 4.25. The van der Waals surface area contributed by atoms with Crippen LogP contribution in [0.5, 0.6) is 11.5 Å². The van der Waals surface area contributed by atoms with Crippen LogP contribution in [0, 0.1) is 6.92 Å². The highest BCUT2D eigenvalue weighted by molar-refractivity contribution is 5.96. The average molecular weight is 242 g/mol. The summed E-state index contributed by atoms with van der Waals surface area (Å²) in [6.45, 7) is 1.39. The van der Waals surface area contributed by atoms with Crippen LogP contribution in [-0.4, -0.2) is 37.8 Å². The van der Waals surface area contributed by atoms with Crippen LogP contribution in [0.25, 0.3) is 0 Å². The molecule has 0 amide bonds. The maximum Gasteiger partial charge on any atom is 0.345 e. The molecule has 1 heterocycles. The SMILES string of the molecule is Cc1cc(O)c2c(c1O)C(O)(O)C(O)OC2=O. The minimum absolute atomic E-state index is 0.121. The summed E-state index contributed by atoms with van der Waals surface area (Å²) in [7, 11) is 0. The van der Waals surface area contributed by atoms with E-state index in [0.29, 0.717) is 0 Å². The van der Waals surface area contributed by atoms with E-state index in [1.807, 2.05) is 0 Å². The molecule has 92 valence electrons. The number of aliphatic hydroxyl groups excluding tert-OH is 1. The van der Waals surface area contributed by atoms with Crippen molar-refractivity contribution in [1.29, 1.82) is 0 Å². The van der Waals surface area contributed by atoms with Gasteiger partial charge in [0.05, 0.1) is 5.56 Å². The van der Waals surface area contributed by atoms with E-state index in [4.69, 9.17) is 0 Å². The summed E-state index contributed by atoms with van der Waals surface area (Å²) in [4.78, 5) is 11.4. The zero-order chi connectivity index (χ0) is 13.0. The summed E-state index contributed by atoms with van der Waals surface area (Å²) in [5.41, 5.74) is -1.13. The molecule has 0 fully saturated rings. The molecule has 1 atom stereocenters. The van der Waals surface area contributed by atoms with E-state index in [2.05, 4.69) is 4.74 Å². The number of hydrogen-bond donors (Lipinski definition) is 5. The highest BCUT2D eigenvalue weighted by atomic mass is 16.7. The van der Waals surface area contributed by atoms with E-state index >= 15 is 0 Å². The van der Waals surface area contributed by atoms with Crippen molar-refractivity contribution >= 4 is 5.97 Å². The van der Waals surface area contributed by atoms with Crippen molar-refractivity contribution in [2.45, 2.75) is 19.0 Å². The number of aryl methyl sites for hydroxylation is 1. The number of cyclic esters (lactones) is 1. The Kier molecular flexibility index (Phi) is 2.28. The molecule has 5 N–H and O–H groups in total. The Morgan fingerprint density at radius 2 is 1.94 bits per heavy atom. The van der Waals surface area contributed by atoms with Crippen LogP contribution in [0.2, 0.25) is 0 Å². The van der Waals surface area contributed by atoms with Gasteiger partial charge in [0.25, 0.3) is 12.1 Å². The third-order valence-electron chi connectivity index (χ3n) is 2.60. The molecule has 0 bridgehead atoms. The topological polar surface area (TPSA) is 127 Å². The molecule has 1 unspecified atom stereocenters. The number of aromatic hydroxyl groups is 2. The fourth-order valence-corrected chi connectivity index (χ4v) is 1.72. The number of ether oxygens (including phenoxy) is 1. The minimum Gasteiger partial charge on any atom is -0.507 e. The van der Waals surface area contributed by atoms with Gasteiger partial charge in [-0.25, -0.2) is 4.79 Å². The summed E-state index contributed by atoms with van der Waals surface area (Å²) in [6.07, 6.45) is -2.24. The molecule has 1 aliphatic heterocycles. The fraction of sp³-hybridized carbons (Fsp3) is 0.300.